The van der Waals surface area contributed by atoms with Crippen molar-refractivity contribution in [2.75, 3.05) is 19.0 Å². The van der Waals surface area contributed by atoms with Crippen LogP contribution in [0.15, 0.2) is 48.5 Å². The Balaban J connectivity index is 1.98. The first-order valence-corrected chi connectivity index (χ1v) is 7.45. The number of ether oxygens (including phenoxy) is 1. The van der Waals surface area contributed by atoms with Gasteiger partial charge in [-0.2, -0.15) is 0 Å². The average molecular weight is 357 g/mol. The van der Waals surface area contributed by atoms with E-state index >= 15 is 0 Å². The summed E-state index contributed by atoms with van der Waals surface area (Å²) in [6.45, 7) is -0.630. The summed E-state index contributed by atoms with van der Waals surface area (Å²) in [4.78, 5) is 45.6. The van der Waals surface area contributed by atoms with Gasteiger partial charge in [0.05, 0.1) is 4.92 Å². The van der Waals surface area contributed by atoms with Crippen molar-refractivity contribution in [1.29, 1.82) is 0 Å². The van der Waals surface area contributed by atoms with E-state index in [4.69, 9.17) is 4.74 Å². The number of nitrogens with zero attached hydrogens (tertiary/aromatic N) is 1. The first kappa shape index (κ1) is 18.6. The van der Waals surface area contributed by atoms with E-state index in [1.165, 1.54) is 37.4 Å². The zero-order chi connectivity index (χ0) is 19.1. The van der Waals surface area contributed by atoms with E-state index in [0.29, 0.717) is 11.3 Å². The van der Waals surface area contributed by atoms with Gasteiger partial charge in [0.1, 0.15) is 5.56 Å². The number of nitro benzene ring substituents is 1. The van der Waals surface area contributed by atoms with E-state index < -0.39 is 29.1 Å². The summed E-state index contributed by atoms with van der Waals surface area (Å²) in [5.41, 5.74) is 0.0446. The number of amides is 2. The minimum absolute atomic E-state index is 0.244. The topological polar surface area (TPSA) is 128 Å². The first-order valence-electron chi connectivity index (χ1n) is 7.45. The van der Waals surface area contributed by atoms with Gasteiger partial charge in [-0.05, 0) is 24.3 Å². The molecular weight excluding hydrogens is 342 g/mol. The first-order chi connectivity index (χ1) is 12.4. The summed E-state index contributed by atoms with van der Waals surface area (Å²) >= 11 is 0. The zero-order valence-electron chi connectivity index (χ0n) is 13.7. The number of carbonyl (C=O) groups is 3. The summed E-state index contributed by atoms with van der Waals surface area (Å²) in [7, 11) is 1.48. The largest absolute Gasteiger partial charge is 0.452 e. The third kappa shape index (κ3) is 4.63. The molecule has 9 heteroatoms. The number of benzene rings is 2. The number of esters is 1. The lowest BCUT2D eigenvalue weighted by molar-refractivity contribution is -0.385. The molecule has 0 aliphatic heterocycles. The number of rotatable bonds is 6. The van der Waals surface area contributed by atoms with Crippen molar-refractivity contribution in [3.8, 4) is 0 Å². The molecule has 0 bridgehead atoms. The van der Waals surface area contributed by atoms with Gasteiger partial charge < -0.3 is 15.4 Å². The van der Waals surface area contributed by atoms with Crippen LogP contribution in [0.5, 0.6) is 0 Å². The van der Waals surface area contributed by atoms with Crippen molar-refractivity contribution in [3.63, 3.8) is 0 Å². The Hall–Kier alpha value is -3.75. The lowest BCUT2D eigenvalue weighted by atomic mass is 10.2. The van der Waals surface area contributed by atoms with Crippen molar-refractivity contribution in [2.45, 2.75) is 0 Å². The van der Waals surface area contributed by atoms with Gasteiger partial charge >= 0.3 is 5.97 Å². The second kappa shape index (κ2) is 8.38. The van der Waals surface area contributed by atoms with Gasteiger partial charge in [-0.1, -0.05) is 18.2 Å². The molecule has 2 amide bonds. The molecule has 26 heavy (non-hydrogen) atoms. The molecule has 134 valence electrons. The molecule has 0 unspecified atom stereocenters. The lowest BCUT2D eigenvalue weighted by Crippen LogP contribution is -2.22. The van der Waals surface area contributed by atoms with Gasteiger partial charge in [0.2, 0.25) is 0 Å². The predicted molar refractivity (Wildman–Crippen MR) is 91.8 cm³/mol. The lowest BCUT2D eigenvalue weighted by Gasteiger charge is -2.08. The summed E-state index contributed by atoms with van der Waals surface area (Å²) in [6.07, 6.45) is 0. The molecule has 0 aliphatic rings. The van der Waals surface area contributed by atoms with Crippen LogP contribution in [-0.4, -0.2) is 36.4 Å². The SMILES string of the molecule is CNC(=O)c1cccc(NC(=O)COC(=O)c2ccccc2[N+](=O)[O-])c1. The molecule has 9 nitrogen and oxygen atoms in total. The standard InChI is InChI=1S/C17H15N3O6/c1-18-16(22)11-5-4-6-12(9-11)19-15(21)10-26-17(23)13-7-2-3-8-14(13)20(24)25/h2-9H,10H2,1H3,(H,18,22)(H,19,21). The van der Waals surface area contributed by atoms with Gasteiger partial charge in [-0.15, -0.1) is 0 Å². The van der Waals surface area contributed by atoms with Gasteiger partial charge in [-0.25, -0.2) is 4.79 Å². The maximum atomic E-state index is 11.9. The van der Waals surface area contributed by atoms with Crippen LogP contribution in [0.1, 0.15) is 20.7 Å². The Kier molecular flexibility index (Phi) is 5.99. The van der Waals surface area contributed by atoms with Crippen molar-refractivity contribution in [2.24, 2.45) is 0 Å². The molecule has 0 saturated carbocycles. The van der Waals surface area contributed by atoms with Crippen LogP contribution in [0.4, 0.5) is 11.4 Å². The Bertz CT molecular complexity index is 865. The van der Waals surface area contributed by atoms with Gasteiger partial charge in [0.15, 0.2) is 6.61 Å². The van der Waals surface area contributed by atoms with Crippen LogP contribution in [0, 0.1) is 10.1 Å². The fourth-order valence-corrected chi connectivity index (χ4v) is 2.09. The second-order valence-corrected chi connectivity index (χ2v) is 5.06. The highest BCUT2D eigenvalue weighted by atomic mass is 16.6. The van der Waals surface area contributed by atoms with Crippen molar-refractivity contribution in [3.05, 3.63) is 69.8 Å². The molecule has 2 aromatic rings. The quantitative estimate of drug-likeness (QED) is 0.460. The van der Waals surface area contributed by atoms with E-state index in [-0.39, 0.29) is 11.5 Å². The van der Waals surface area contributed by atoms with Crippen LogP contribution in [0.3, 0.4) is 0 Å². The van der Waals surface area contributed by atoms with Gasteiger partial charge in [0.25, 0.3) is 17.5 Å². The molecule has 0 aromatic heterocycles. The number of nitro groups is 1. The van der Waals surface area contributed by atoms with E-state index in [0.717, 1.165) is 0 Å². The summed E-state index contributed by atoms with van der Waals surface area (Å²) in [6, 6.07) is 11.5. The van der Waals surface area contributed by atoms with Crippen LogP contribution < -0.4 is 10.6 Å². The van der Waals surface area contributed by atoms with Crippen molar-refractivity contribution >= 4 is 29.2 Å². The number of anilines is 1. The molecule has 0 radical (unpaired) electrons. The number of carbonyl (C=O) groups excluding carboxylic acids is 3. The smallest absolute Gasteiger partial charge is 0.345 e. The van der Waals surface area contributed by atoms with Crippen LogP contribution in [0.25, 0.3) is 0 Å². The molecule has 0 spiro atoms. The van der Waals surface area contributed by atoms with E-state index in [1.807, 2.05) is 0 Å². The Labute approximate surface area is 148 Å². The number of nitrogens with one attached hydrogen (secondary N) is 2. The van der Waals surface area contributed by atoms with Crippen LogP contribution in [0.2, 0.25) is 0 Å². The third-order valence-corrected chi connectivity index (χ3v) is 3.29. The van der Waals surface area contributed by atoms with E-state index in [2.05, 4.69) is 10.6 Å². The van der Waals surface area contributed by atoms with Crippen LogP contribution in [-0.2, 0) is 9.53 Å². The van der Waals surface area contributed by atoms with Crippen molar-refractivity contribution in [1.82, 2.24) is 5.32 Å². The molecule has 2 rings (SSSR count). The molecule has 0 aliphatic carbocycles. The average Bonchev–Trinajstić information content (AvgIpc) is 2.65. The van der Waals surface area contributed by atoms with E-state index in [9.17, 15) is 24.5 Å². The fourth-order valence-electron chi connectivity index (χ4n) is 2.09. The minimum Gasteiger partial charge on any atom is -0.452 e. The maximum absolute atomic E-state index is 11.9. The molecule has 0 saturated heterocycles. The van der Waals surface area contributed by atoms with Crippen LogP contribution >= 0.6 is 0 Å². The molecule has 0 atom stereocenters. The number of para-hydroxylation sites is 1. The Morgan fingerprint density at radius 2 is 1.85 bits per heavy atom. The van der Waals surface area contributed by atoms with Gasteiger partial charge in [-0.3, -0.25) is 19.7 Å². The number of hydrogen-bond acceptors (Lipinski definition) is 6. The molecular formula is C17H15N3O6. The highest BCUT2D eigenvalue weighted by molar-refractivity contribution is 5.99. The highest BCUT2D eigenvalue weighted by Gasteiger charge is 2.21. The molecule has 0 heterocycles. The summed E-state index contributed by atoms with van der Waals surface area (Å²) in [5.74, 6) is -1.94. The Morgan fingerprint density at radius 1 is 1.12 bits per heavy atom. The van der Waals surface area contributed by atoms with E-state index in [1.54, 1.807) is 18.2 Å². The molecule has 2 N–H and O–H groups in total. The highest BCUT2D eigenvalue weighted by Crippen LogP contribution is 2.18. The predicted octanol–water partition coefficient (Wildman–Crippen LogP) is 1.75. The Morgan fingerprint density at radius 3 is 2.54 bits per heavy atom. The molecule has 0 fully saturated rings. The maximum Gasteiger partial charge on any atom is 0.345 e. The zero-order valence-corrected chi connectivity index (χ0v) is 13.7. The van der Waals surface area contributed by atoms with Crippen molar-refractivity contribution < 1.29 is 24.0 Å². The third-order valence-electron chi connectivity index (χ3n) is 3.29. The normalized spacial score (nSPS) is 9.88. The second-order valence-electron chi connectivity index (χ2n) is 5.06. The van der Waals surface area contributed by atoms with Gasteiger partial charge in [0, 0.05) is 24.4 Å². The molecule has 2 aromatic carbocycles. The monoisotopic (exact) mass is 357 g/mol. The fraction of sp³-hybridized carbons (Fsp3) is 0.118. The summed E-state index contributed by atoms with van der Waals surface area (Å²) < 4.78 is 4.82. The summed E-state index contributed by atoms with van der Waals surface area (Å²) in [5, 5.41) is 15.8. The number of hydrogen-bond donors (Lipinski definition) is 2. The minimum atomic E-state index is -0.980.